The monoisotopic (exact) mass is 277 g/mol. The Labute approximate surface area is 123 Å². The Kier molecular flexibility index (Phi) is 7.16. The normalized spacial score (nSPS) is 10.5. The van der Waals surface area contributed by atoms with E-state index in [1.54, 1.807) is 7.11 Å². The molecule has 0 amide bonds. The van der Waals surface area contributed by atoms with Crippen LogP contribution in [0.25, 0.3) is 0 Å². The molecule has 0 bridgehead atoms. The molecule has 1 N–H and O–H groups in total. The van der Waals surface area contributed by atoms with Crippen molar-refractivity contribution in [3.63, 3.8) is 0 Å². The van der Waals surface area contributed by atoms with Crippen molar-refractivity contribution in [3.05, 3.63) is 35.4 Å². The highest BCUT2D eigenvalue weighted by molar-refractivity contribution is 5.46. The molecule has 3 nitrogen and oxygen atoms in total. The van der Waals surface area contributed by atoms with Crippen LogP contribution in [0, 0.1) is 5.92 Å². The first-order valence-electron chi connectivity index (χ1n) is 7.17. The van der Waals surface area contributed by atoms with E-state index in [0.29, 0.717) is 12.5 Å². The first-order valence-corrected chi connectivity index (χ1v) is 7.17. The van der Waals surface area contributed by atoms with Crippen molar-refractivity contribution in [1.82, 2.24) is 5.32 Å². The third-order valence-electron chi connectivity index (χ3n) is 2.87. The molecule has 0 radical (unpaired) electrons. The van der Waals surface area contributed by atoms with E-state index in [-0.39, 0.29) is 0 Å². The third-order valence-corrected chi connectivity index (χ3v) is 2.87. The van der Waals surface area contributed by atoms with Gasteiger partial charge in [0.2, 0.25) is 0 Å². The summed E-state index contributed by atoms with van der Waals surface area (Å²) in [6, 6.07) is 6.01. The van der Waals surface area contributed by atoms with E-state index in [9.17, 15) is 0 Å². The molecule has 0 atom stereocenters. The Bertz CT molecular complexity index is 435. The van der Waals surface area contributed by atoms with Crippen LogP contribution >= 0.6 is 0 Å². The van der Waals surface area contributed by atoms with E-state index in [1.165, 1.54) is 5.57 Å². The minimum atomic E-state index is 0.569. The highest BCUT2D eigenvalue weighted by Gasteiger charge is 2.10. The highest BCUT2D eigenvalue weighted by atomic mass is 16.5. The van der Waals surface area contributed by atoms with Crippen LogP contribution in [-0.4, -0.2) is 20.3 Å². The lowest BCUT2D eigenvalue weighted by Crippen LogP contribution is -2.19. The number of hydrogen-bond acceptors (Lipinski definition) is 3. The first kappa shape index (κ1) is 16.6. The molecule has 0 aliphatic carbocycles. The Morgan fingerprint density at radius 2 is 2.05 bits per heavy atom. The van der Waals surface area contributed by atoms with Crippen LogP contribution in [0.4, 0.5) is 0 Å². The number of methoxy groups -OCH3 is 1. The van der Waals surface area contributed by atoms with Gasteiger partial charge in [-0.25, -0.2) is 0 Å². The van der Waals surface area contributed by atoms with Gasteiger partial charge >= 0.3 is 0 Å². The van der Waals surface area contributed by atoms with Crippen LogP contribution < -0.4 is 14.8 Å². The second kappa shape index (κ2) is 8.64. The van der Waals surface area contributed by atoms with Gasteiger partial charge in [-0.3, -0.25) is 0 Å². The maximum Gasteiger partial charge on any atom is 0.166 e. The van der Waals surface area contributed by atoms with E-state index in [2.05, 4.69) is 45.2 Å². The Hall–Kier alpha value is -1.48. The van der Waals surface area contributed by atoms with Crippen LogP contribution in [0.5, 0.6) is 11.5 Å². The van der Waals surface area contributed by atoms with Gasteiger partial charge in [-0.05, 0) is 38.5 Å². The van der Waals surface area contributed by atoms with Crippen molar-refractivity contribution in [2.24, 2.45) is 5.92 Å². The number of ether oxygens (including phenoxy) is 2. The van der Waals surface area contributed by atoms with Gasteiger partial charge in [0.25, 0.3) is 0 Å². The summed E-state index contributed by atoms with van der Waals surface area (Å²) in [5.41, 5.74) is 2.38. The number of rotatable bonds is 8. The molecule has 0 aliphatic heterocycles. The zero-order chi connectivity index (χ0) is 15.0. The van der Waals surface area contributed by atoms with Crippen LogP contribution in [0.3, 0.4) is 0 Å². The van der Waals surface area contributed by atoms with Crippen molar-refractivity contribution >= 4 is 0 Å². The molecular weight excluding hydrogens is 250 g/mol. The fourth-order valence-corrected chi connectivity index (χ4v) is 1.81. The summed E-state index contributed by atoms with van der Waals surface area (Å²) >= 11 is 0. The van der Waals surface area contributed by atoms with Crippen LogP contribution in [-0.2, 0) is 6.54 Å². The summed E-state index contributed by atoms with van der Waals surface area (Å²) in [5.74, 6) is 2.26. The molecule has 0 saturated carbocycles. The standard InChI is InChI=1S/C17H27NO2/c1-13(2)9-10-20-17-15(12-18-11-14(3)4)7-6-8-16(17)19-5/h6-9,14,18H,10-12H2,1-5H3. The fourth-order valence-electron chi connectivity index (χ4n) is 1.81. The summed E-state index contributed by atoms with van der Waals surface area (Å²) in [6.45, 7) is 10.9. The molecule has 1 aromatic carbocycles. The molecule has 1 aromatic rings. The molecule has 0 fully saturated rings. The topological polar surface area (TPSA) is 30.5 Å². The highest BCUT2D eigenvalue weighted by Crippen LogP contribution is 2.31. The van der Waals surface area contributed by atoms with Gasteiger partial charge < -0.3 is 14.8 Å². The molecule has 0 saturated heterocycles. The molecule has 0 heterocycles. The summed E-state index contributed by atoms with van der Waals surface area (Å²) in [4.78, 5) is 0. The average molecular weight is 277 g/mol. The second-order valence-electron chi connectivity index (χ2n) is 5.57. The van der Waals surface area contributed by atoms with E-state index < -0.39 is 0 Å². The average Bonchev–Trinajstić information content (AvgIpc) is 2.39. The smallest absolute Gasteiger partial charge is 0.166 e. The quantitative estimate of drug-likeness (QED) is 0.733. The molecule has 20 heavy (non-hydrogen) atoms. The molecule has 112 valence electrons. The summed E-state index contributed by atoms with van der Waals surface area (Å²) in [7, 11) is 1.68. The minimum Gasteiger partial charge on any atom is -0.493 e. The van der Waals surface area contributed by atoms with E-state index in [4.69, 9.17) is 9.47 Å². The van der Waals surface area contributed by atoms with Crippen LogP contribution in [0.1, 0.15) is 33.3 Å². The lowest BCUT2D eigenvalue weighted by molar-refractivity contribution is 0.321. The molecule has 3 heteroatoms. The van der Waals surface area contributed by atoms with Gasteiger partial charge in [0.1, 0.15) is 6.61 Å². The van der Waals surface area contributed by atoms with Crippen molar-refractivity contribution in [2.45, 2.75) is 34.2 Å². The predicted octanol–water partition coefficient (Wildman–Crippen LogP) is 3.79. The number of nitrogens with one attached hydrogen (secondary N) is 1. The SMILES string of the molecule is COc1cccc(CNCC(C)C)c1OCC=C(C)C. The maximum atomic E-state index is 5.89. The molecule has 0 unspecified atom stereocenters. The molecule has 0 aromatic heterocycles. The van der Waals surface area contributed by atoms with Gasteiger partial charge in [0, 0.05) is 12.1 Å². The van der Waals surface area contributed by atoms with Crippen LogP contribution in [0.2, 0.25) is 0 Å². The maximum absolute atomic E-state index is 5.89. The molecule has 1 rings (SSSR count). The van der Waals surface area contributed by atoms with Gasteiger partial charge in [-0.15, -0.1) is 0 Å². The third kappa shape index (κ3) is 5.66. The summed E-state index contributed by atoms with van der Waals surface area (Å²) in [6.07, 6.45) is 2.07. The Balaban J connectivity index is 2.78. The lowest BCUT2D eigenvalue weighted by Gasteiger charge is -2.15. The van der Waals surface area contributed by atoms with E-state index >= 15 is 0 Å². The van der Waals surface area contributed by atoms with Gasteiger partial charge in [-0.2, -0.15) is 0 Å². The van der Waals surface area contributed by atoms with Crippen molar-refractivity contribution in [3.8, 4) is 11.5 Å². The number of para-hydroxylation sites is 1. The molecule has 0 spiro atoms. The summed E-state index contributed by atoms with van der Waals surface area (Å²) < 4.78 is 11.3. The van der Waals surface area contributed by atoms with Gasteiger partial charge in [0.15, 0.2) is 11.5 Å². The first-order chi connectivity index (χ1) is 9.54. The zero-order valence-corrected chi connectivity index (χ0v) is 13.3. The van der Waals surface area contributed by atoms with E-state index in [1.807, 2.05) is 12.1 Å². The molecular formula is C17H27NO2. The van der Waals surface area contributed by atoms with Gasteiger partial charge in [-0.1, -0.05) is 31.6 Å². The Morgan fingerprint density at radius 3 is 2.65 bits per heavy atom. The predicted molar refractivity (Wildman–Crippen MR) is 84.5 cm³/mol. The van der Waals surface area contributed by atoms with Gasteiger partial charge in [0.05, 0.1) is 7.11 Å². The largest absolute Gasteiger partial charge is 0.493 e. The number of hydrogen-bond donors (Lipinski definition) is 1. The van der Waals surface area contributed by atoms with Crippen molar-refractivity contribution in [2.75, 3.05) is 20.3 Å². The number of allylic oxidation sites excluding steroid dienone is 1. The second-order valence-corrected chi connectivity index (χ2v) is 5.57. The fraction of sp³-hybridized carbons (Fsp3) is 0.529. The zero-order valence-electron chi connectivity index (χ0n) is 13.3. The van der Waals surface area contributed by atoms with Crippen molar-refractivity contribution in [1.29, 1.82) is 0 Å². The van der Waals surface area contributed by atoms with Crippen molar-refractivity contribution < 1.29 is 9.47 Å². The minimum absolute atomic E-state index is 0.569. The van der Waals surface area contributed by atoms with Crippen LogP contribution in [0.15, 0.2) is 29.8 Å². The Morgan fingerprint density at radius 1 is 1.30 bits per heavy atom. The summed E-state index contributed by atoms with van der Waals surface area (Å²) in [5, 5.41) is 3.44. The molecule has 0 aliphatic rings. The number of benzene rings is 1. The van der Waals surface area contributed by atoms with E-state index in [0.717, 1.165) is 30.2 Å². The lowest BCUT2D eigenvalue weighted by atomic mass is 10.1.